The van der Waals surface area contributed by atoms with Crippen molar-refractivity contribution < 1.29 is 9.53 Å². The Morgan fingerprint density at radius 2 is 2.12 bits per heavy atom. The quantitative estimate of drug-likeness (QED) is 0.882. The highest BCUT2D eigenvalue weighted by Gasteiger charge is 2.53. The first-order valence-corrected chi connectivity index (χ1v) is 9.37. The van der Waals surface area contributed by atoms with E-state index in [1.165, 1.54) is 11.1 Å². The molecule has 2 aromatic rings. The van der Waals surface area contributed by atoms with Gasteiger partial charge in [0.05, 0.1) is 12.1 Å². The van der Waals surface area contributed by atoms with Crippen molar-refractivity contribution >= 4 is 5.91 Å². The predicted molar refractivity (Wildman–Crippen MR) is 99.1 cm³/mol. The van der Waals surface area contributed by atoms with Gasteiger partial charge in [-0.25, -0.2) is 0 Å². The minimum Gasteiger partial charge on any atom is -0.378 e. The van der Waals surface area contributed by atoms with Crippen molar-refractivity contribution in [1.82, 2.24) is 20.4 Å². The van der Waals surface area contributed by atoms with E-state index >= 15 is 0 Å². The molecule has 138 valence electrons. The standard InChI is InChI=1S/C20H26N4O2/c1-3-24-13-8-16(23-24)19(25)22-17-14-6-4-5-7-15(14)20(18(17)26-2)9-11-21-12-10-20/h4-8,13,17-18,21H,3,9-12H2,1-2H3,(H,22,25)/t17-,18+/m1/s1. The van der Waals surface area contributed by atoms with Gasteiger partial charge in [0.15, 0.2) is 0 Å². The second-order valence-corrected chi connectivity index (χ2v) is 7.16. The van der Waals surface area contributed by atoms with Crippen LogP contribution < -0.4 is 10.6 Å². The molecule has 0 bridgehead atoms. The average molecular weight is 354 g/mol. The van der Waals surface area contributed by atoms with E-state index in [0.29, 0.717) is 5.69 Å². The maximum absolute atomic E-state index is 12.8. The van der Waals surface area contributed by atoms with E-state index in [9.17, 15) is 4.79 Å². The zero-order valence-electron chi connectivity index (χ0n) is 15.4. The Labute approximate surface area is 153 Å². The molecule has 26 heavy (non-hydrogen) atoms. The van der Waals surface area contributed by atoms with E-state index in [1.54, 1.807) is 17.9 Å². The van der Waals surface area contributed by atoms with Crippen LogP contribution in [0.25, 0.3) is 0 Å². The summed E-state index contributed by atoms with van der Waals surface area (Å²) in [6.07, 6.45) is 3.79. The molecule has 1 spiro atoms. The first kappa shape index (κ1) is 17.2. The summed E-state index contributed by atoms with van der Waals surface area (Å²) >= 11 is 0. The molecule has 0 unspecified atom stereocenters. The van der Waals surface area contributed by atoms with E-state index in [1.807, 2.05) is 19.2 Å². The molecular weight excluding hydrogens is 328 g/mol. The summed E-state index contributed by atoms with van der Waals surface area (Å²) in [5.74, 6) is -0.148. The number of amides is 1. The van der Waals surface area contributed by atoms with Crippen LogP contribution in [0, 0.1) is 0 Å². The molecule has 0 saturated carbocycles. The van der Waals surface area contributed by atoms with Crippen molar-refractivity contribution in [2.45, 2.75) is 43.9 Å². The zero-order chi connectivity index (χ0) is 18.1. The van der Waals surface area contributed by atoms with E-state index < -0.39 is 0 Å². The Bertz CT molecular complexity index is 795. The van der Waals surface area contributed by atoms with Crippen molar-refractivity contribution in [3.8, 4) is 0 Å². The maximum Gasteiger partial charge on any atom is 0.272 e. The van der Waals surface area contributed by atoms with Gasteiger partial charge in [-0.1, -0.05) is 24.3 Å². The normalized spacial score (nSPS) is 23.8. The van der Waals surface area contributed by atoms with Gasteiger partial charge in [-0.2, -0.15) is 5.10 Å². The van der Waals surface area contributed by atoms with Gasteiger partial charge in [0.2, 0.25) is 0 Å². The molecule has 6 nitrogen and oxygen atoms in total. The maximum atomic E-state index is 12.8. The monoisotopic (exact) mass is 354 g/mol. The van der Waals surface area contributed by atoms with Crippen molar-refractivity contribution in [3.05, 3.63) is 53.3 Å². The smallest absolute Gasteiger partial charge is 0.272 e. The van der Waals surface area contributed by atoms with Gasteiger partial charge in [-0.3, -0.25) is 9.48 Å². The third-order valence-corrected chi connectivity index (χ3v) is 5.91. The predicted octanol–water partition coefficient (Wildman–Crippen LogP) is 2.02. The van der Waals surface area contributed by atoms with Gasteiger partial charge in [-0.15, -0.1) is 0 Å². The number of hydrogen-bond acceptors (Lipinski definition) is 4. The van der Waals surface area contributed by atoms with Crippen LogP contribution in [0.1, 0.15) is 47.4 Å². The summed E-state index contributed by atoms with van der Waals surface area (Å²) in [5, 5.41) is 11.0. The Morgan fingerprint density at radius 3 is 2.81 bits per heavy atom. The first-order valence-electron chi connectivity index (χ1n) is 9.37. The Balaban J connectivity index is 1.67. The lowest BCUT2D eigenvalue weighted by Crippen LogP contribution is -2.49. The van der Waals surface area contributed by atoms with Crippen molar-refractivity contribution in [1.29, 1.82) is 0 Å². The second kappa shape index (κ2) is 6.85. The molecule has 1 aliphatic carbocycles. The van der Waals surface area contributed by atoms with Crippen LogP contribution in [0.2, 0.25) is 0 Å². The molecule has 1 aliphatic heterocycles. The molecular formula is C20H26N4O2. The highest BCUT2D eigenvalue weighted by atomic mass is 16.5. The molecule has 2 atom stereocenters. The van der Waals surface area contributed by atoms with Crippen LogP contribution >= 0.6 is 0 Å². The molecule has 6 heteroatoms. The van der Waals surface area contributed by atoms with Crippen molar-refractivity contribution in [2.75, 3.05) is 20.2 Å². The van der Waals surface area contributed by atoms with E-state index in [4.69, 9.17) is 4.74 Å². The highest BCUT2D eigenvalue weighted by Crippen LogP contribution is 2.51. The molecule has 0 radical (unpaired) electrons. The average Bonchev–Trinajstić information content (AvgIpc) is 3.25. The van der Waals surface area contributed by atoms with Crippen molar-refractivity contribution in [3.63, 3.8) is 0 Å². The third-order valence-electron chi connectivity index (χ3n) is 5.91. The SMILES string of the molecule is CCn1ccc(C(=O)N[C@@H]2c3ccccc3C3(CCNCC3)[C@H]2OC)n1. The highest BCUT2D eigenvalue weighted by molar-refractivity contribution is 5.92. The number of benzene rings is 1. The van der Waals surface area contributed by atoms with Crippen LogP contribution in [-0.4, -0.2) is 42.0 Å². The number of nitrogens with one attached hydrogen (secondary N) is 2. The lowest BCUT2D eigenvalue weighted by Gasteiger charge is -2.40. The van der Waals surface area contributed by atoms with Gasteiger partial charge in [0.1, 0.15) is 5.69 Å². The Morgan fingerprint density at radius 1 is 1.35 bits per heavy atom. The lowest BCUT2D eigenvalue weighted by atomic mass is 9.72. The molecule has 1 aromatic carbocycles. The van der Waals surface area contributed by atoms with Crippen LogP contribution in [-0.2, 0) is 16.7 Å². The fraction of sp³-hybridized carbons (Fsp3) is 0.500. The number of aryl methyl sites for hydroxylation is 1. The number of carbonyl (C=O) groups excluding carboxylic acids is 1. The number of methoxy groups -OCH3 is 1. The van der Waals surface area contributed by atoms with E-state index in [0.717, 1.165) is 32.5 Å². The molecule has 1 aromatic heterocycles. The number of nitrogens with zero attached hydrogens (tertiary/aromatic N) is 2. The van der Waals surface area contributed by atoms with Crippen molar-refractivity contribution in [2.24, 2.45) is 0 Å². The topological polar surface area (TPSA) is 68.2 Å². The van der Waals surface area contributed by atoms with Crippen LogP contribution in [0.3, 0.4) is 0 Å². The minimum atomic E-state index is -0.159. The second-order valence-electron chi connectivity index (χ2n) is 7.16. The summed E-state index contributed by atoms with van der Waals surface area (Å²) in [5.41, 5.74) is 2.89. The van der Waals surface area contributed by atoms with Gasteiger partial charge in [-0.05, 0) is 50.0 Å². The lowest BCUT2D eigenvalue weighted by molar-refractivity contribution is 0.00391. The van der Waals surface area contributed by atoms with Gasteiger partial charge in [0, 0.05) is 25.3 Å². The van der Waals surface area contributed by atoms with E-state index in [2.05, 4.69) is 33.9 Å². The first-order chi connectivity index (χ1) is 12.7. The zero-order valence-corrected chi connectivity index (χ0v) is 15.4. The fourth-order valence-electron chi connectivity index (χ4n) is 4.67. The number of rotatable bonds is 4. The number of fused-ring (bicyclic) bond motifs is 2. The van der Waals surface area contributed by atoms with E-state index in [-0.39, 0.29) is 23.5 Å². The van der Waals surface area contributed by atoms with Gasteiger partial charge < -0.3 is 15.4 Å². The summed E-state index contributed by atoms with van der Waals surface area (Å²) in [4.78, 5) is 12.8. The Hall–Kier alpha value is -2.18. The number of carbonyl (C=O) groups is 1. The number of piperidine rings is 1. The molecule has 2 N–H and O–H groups in total. The van der Waals surface area contributed by atoms with Gasteiger partial charge >= 0.3 is 0 Å². The number of ether oxygens (including phenoxy) is 1. The minimum absolute atomic E-state index is 0.0443. The molecule has 4 rings (SSSR count). The molecule has 2 aliphatic rings. The summed E-state index contributed by atoms with van der Waals surface area (Å²) in [6.45, 7) is 4.69. The molecule has 1 fully saturated rings. The summed E-state index contributed by atoms with van der Waals surface area (Å²) in [6, 6.07) is 10.0. The molecule has 1 saturated heterocycles. The van der Waals surface area contributed by atoms with Crippen LogP contribution in [0.15, 0.2) is 36.5 Å². The summed E-state index contributed by atoms with van der Waals surface area (Å²) in [7, 11) is 1.76. The number of aromatic nitrogens is 2. The third kappa shape index (κ3) is 2.64. The van der Waals surface area contributed by atoms with Crippen LogP contribution in [0.4, 0.5) is 0 Å². The molecule has 2 heterocycles. The molecule has 1 amide bonds. The Kier molecular flexibility index (Phi) is 4.54. The summed E-state index contributed by atoms with van der Waals surface area (Å²) < 4.78 is 7.76. The largest absolute Gasteiger partial charge is 0.378 e. The number of hydrogen-bond donors (Lipinski definition) is 2. The fourth-order valence-corrected chi connectivity index (χ4v) is 4.67. The van der Waals surface area contributed by atoms with Gasteiger partial charge in [0.25, 0.3) is 5.91 Å². The van der Waals surface area contributed by atoms with Crippen LogP contribution in [0.5, 0.6) is 0 Å².